The second-order valence-corrected chi connectivity index (χ2v) is 7.19. The fourth-order valence-electron chi connectivity index (χ4n) is 3.27. The summed E-state index contributed by atoms with van der Waals surface area (Å²) in [6.45, 7) is 2.03. The lowest BCUT2D eigenvalue weighted by Gasteiger charge is -2.35. The van der Waals surface area contributed by atoms with E-state index in [1.165, 1.54) is 30.3 Å². The quantitative estimate of drug-likeness (QED) is 0.495. The number of aromatic nitrogens is 2. The van der Waals surface area contributed by atoms with E-state index in [0.717, 1.165) is 12.4 Å². The number of hydrogen-bond donors (Lipinski definition) is 2. The van der Waals surface area contributed by atoms with Gasteiger partial charge in [0.1, 0.15) is 11.6 Å². The van der Waals surface area contributed by atoms with E-state index in [1.54, 1.807) is 0 Å². The summed E-state index contributed by atoms with van der Waals surface area (Å²) in [5.74, 6) is -0.781. The van der Waals surface area contributed by atoms with E-state index >= 15 is 0 Å². The number of alkyl halides is 2. The number of benzene rings is 1. The summed E-state index contributed by atoms with van der Waals surface area (Å²) in [6.07, 6.45) is 3.35. The highest BCUT2D eigenvalue weighted by atomic mass is 19.3. The predicted octanol–water partition coefficient (Wildman–Crippen LogP) is 3.55. The Balaban J connectivity index is 1.83. The number of aliphatic imine (C=N–C) groups is 1. The largest absolute Gasteiger partial charge is 0.435 e. The molecule has 2 unspecified atom stereocenters. The van der Waals surface area contributed by atoms with E-state index in [4.69, 9.17) is 15.9 Å². The van der Waals surface area contributed by atoms with Gasteiger partial charge < -0.3 is 25.5 Å². The highest BCUT2D eigenvalue weighted by Crippen LogP contribution is 2.22. The number of amidine groups is 1. The molecule has 3 rings (SSSR count). The molecule has 1 fully saturated rings. The number of hydrogen-bond acceptors (Lipinski definition) is 7. The first-order valence-corrected chi connectivity index (χ1v) is 9.79. The van der Waals surface area contributed by atoms with E-state index in [9.17, 15) is 13.2 Å². The molecule has 0 radical (unpaired) electrons. The summed E-state index contributed by atoms with van der Waals surface area (Å²) >= 11 is 0. The first-order chi connectivity index (χ1) is 15.2. The molecular weight excluding hydrogens is 425 g/mol. The van der Waals surface area contributed by atoms with Crippen LogP contribution in [0, 0.1) is 11.2 Å². The molecule has 0 spiro atoms. The molecular formula is C21H23F3N6O2. The predicted molar refractivity (Wildman–Crippen MR) is 115 cm³/mol. The number of rotatable bonds is 7. The molecule has 1 aromatic heterocycles. The van der Waals surface area contributed by atoms with Crippen molar-refractivity contribution in [1.29, 1.82) is 5.41 Å². The average Bonchev–Trinajstić information content (AvgIpc) is 2.73. The number of allylic oxidation sites excluding steroid dienone is 1. The van der Waals surface area contributed by atoms with Crippen LogP contribution in [0.5, 0.6) is 5.75 Å². The topological polar surface area (TPSA) is 110 Å². The molecule has 1 aliphatic heterocycles. The van der Waals surface area contributed by atoms with Crippen LogP contribution >= 0.6 is 0 Å². The summed E-state index contributed by atoms with van der Waals surface area (Å²) in [5, 5.41) is 7.61. The maximum absolute atomic E-state index is 14.3. The van der Waals surface area contributed by atoms with E-state index in [1.807, 2.05) is 18.7 Å². The zero-order valence-electron chi connectivity index (χ0n) is 17.5. The van der Waals surface area contributed by atoms with Gasteiger partial charge in [-0.05, 0) is 37.6 Å². The standard InChI is InChI=1S/C21H23F3N6O2/c1-12-10-30(11-13(2)31-12)21-27-9-17(22)19(29-21)28-18(26)7-15(8-25)14-3-5-16(6-4-14)32-20(23)24/h3-9,12-13,20,25H,10-11H2,1-2H3,(H2,26,27,28,29)/b15-7+,25-8?. The van der Waals surface area contributed by atoms with Crippen molar-refractivity contribution < 1.29 is 22.6 Å². The molecule has 1 aliphatic rings. The summed E-state index contributed by atoms with van der Waals surface area (Å²) in [5.41, 5.74) is 6.79. The average molecular weight is 448 g/mol. The number of anilines is 1. The molecule has 0 bridgehead atoms. The lowest BCUT2D eigenvalue weighted by atomic mass is 10.1. The van der Waals surface area contributed by atoms with Gasteiger partial charge in [-0.1, -0.05) is 12.1 Å². The Hall–Kier alpha value is -3.47. The van der Waals surface area contributed by atoms with E-state index < -0.39 is 12.4 Å². The zero-order valence-corrected chi connectivity index (χ0v) is 17.5. The second-order valence-electron chi connectivity index (χ2n) is 7.19. The van der Waals surface area contributed by atoms with Crippen LogP contribution in [0.4, 0.5) is 24.9 Å². The van der Waals surface area contributed by atoms with Crippen molar-refractivity contribution in [2.75, 3.05) is 18.0 Å². The highest BCUT2D eigenvalue weighted by molar-refractivity contribution is 6.15. The fraction of sp³-hybridized carbons (Fsp3) is 0.333. The summed E-state index contributed by atoms with van der Waals surface area (Å²) in [4.78, 5) is 14.2. The Morgan fingerprint density at radius 1 is 1.28 bits per heavy atom. The number of nitrogens with one attached hydrogen (secondary N) is 1. The molecule has 11 heteroatoms. The molecule has 0 amide bonds. The Morgan fingerprint density at radius 3 is 2.53 bits per heavy atom. The third-order valence-corrected chi connectivity index (χ3v) is 4.52. The van der Waals surface area contributed by atoms with Crippen molar-refractivity contribution >= 4 is 29.4 Å². The van der Waals surface area contributed by atoms with Gasteiger partial charge in [0.15, 0.2) is 11.6 Å². The lowest BCUT2D eigenvalue weighted by molar-refractivity contribution is -0.0498. The van der Waals surface area contributed by atoms with Crippen LogP contribution in [0.2, 0.25) is 0 Å². The second kappa shape index (κ2) is 10.2. The minimum Gasteiger partial charge on any atom is -0.435 e. The van der Waals surface area contributed by atoms with E-state index in [2.05, 4.69) is 19.7 Å². The SMILES string of the molecule is CC1CN(c2ncc(F)c(N=C(N)/C=C(\C=N)c3ccc(OC(F)F)cc3)n2)CC(C)O1. The Bertz CT molecular complexity index is 1000. The zero-order chi connectivity index (χ0) is 23.3. The number of ether oxygens (including phenoxy) is 2. The van der Waals surface area contributed by atoms with Crippen molar-refractivity contribution in [3.8, 4) is 5.75 Å². The Kier molecular flexibility index (Phi) is 7.41. The lowest BCUT2D eigenvalue weighted by Crippen LogP contribution is -2.46. The van der Waals surface area contributed by atoms with Gasteiger partial charge in [-0.3, -0.25) is 0 Å². The molecule has 2 atom stereocenters. The number of halogens is 3. The Labute approximate surface area is 183 Å². The third-order valence-electron chi connectivity index (χ3n) is 4.52. The third kappa shape index (κ3) is 6.03. The molecule has 1 saturated heterocycles. The maximum Gasteiger partial charge on any atom is 0.387 e. The van der Waals surface area contributed by atoms with E-state index in [0.29, 0.717) is 30.2 Å². The minimum atomic E-state index is -2.93. The molecule has 170 valence electrons. The van der Waals surface area contributed by atoms with Crippen LogP contribution < -0.4 is 15.4 Å². The highest BCUT2D eigenvalue weighted by Gasteiger charge is 2.24. The molecule has 2 heterocycles. The van der Waals surface area contributed by atoms with Crippen LogP contribution in [0.15, 0.2) is 41.5 Å². The summed E-state index contributed by atoms with van der Waals surface area (Å²) in [7, 11) is 0. The van der Waals surface area contributed by atoms with Gasteiger partial charge in [-0.15, -0.1) is 0 Å². The van der Waals surface area contributed by atoms with Crippen molar-refractivity contribution in [3.05, 3.63) is 47.9 Å². The van der Waals surface area contributed by atoms with Gasteiger partial charge in [-0.25, -0.2) is 14.4 Å². The molecule has 0 saturated carbocycles. The normalized spacial score (nSPS) is 19.9. The van der Waals surface area contributed by atoms with Crippen LogP contribution in [-0.4, -0.2) is 53.9 Å². The van der Waals surface area contributed by atoms with Gasteiger partial charge >= 0.3 is 6.61 Å². The fourth-order valence-corrected chi connectivity index (χ4v) is 3.27. The van der Waals surface area contributed by atoms with Gasteiger partial charge in [0.05, 0.1) is 18.4 Å². The van der Waals surface area contributed by atoms with Gasteiger partial charge in [-0.2, -0.15) is 13.8 Å². The van der Waals surface area contributed by atoms with E-state index in [-0.39, 0.29) is 29.6 Å². The van der Waals surface area contributed by atoms with Gasteiger partial charge in [0.25, 0.3) is 0 Å². The molecule has 8 nitrogen and oxygen atoms in total. The van der Waals surface area contributed by atoms with Crippen molar-refractivity contribution in [2.24, 2.45) is 10.7 Å². The maximum atomic E-state index is 14.3. The van der Waals surface area contributed by atoms with Crippen molar-refractivity contribution in [1.82, 2.24) is 9.97 Å². The van der Waals surface area contributed by atoms with Gasteiger partial charge in [0.2, 0.25) is 5.95 Å². The summed E-state index contributed by atoms with van der Waals surface area (Å²) < 4.78 is 48.8. The van der Waals surface area contributed by atoms with Crippen molar-refractivity contribution in [2.45, 2.75) is 32.7 Å². The molecule has 0 aliphatic carbocycles. The molecule has 2 aromatic rings. The summed E-state index contributed by atoms with van der Waals surface area (Å²) in [6, 6.07) is 5.66. The number of nitrogens with zero attached hydrogens (tertiary/aromatic N) is 4. The van der Waals surface area contributed by atoms with Crippen molar-refractivity contribution in [3.63, 3.8) is 0 Å². The molecule has 1 aromatic carbocycles. The van der Waals surface area contributed by atoms with Crippen LogP contribution in [0.1, 0.15) is 19.4 Å². The monoisotopic (exact) mass is 448 g/mol. The first kappa shape index (κ1) is 23.2. The van der Waals surface area contributed by atoms with Gasteiger partial charge in [0, 0.05) is 24.9 Å². The van der Waals surface area contributed by atoms with Crippen LogP contribution in [0.3, 0.4) is 0 Å². The molecule has 32 heavy (non-hydrogen) atoms. The number of nitrogens with two attached hydrogens (primary N) is 1. The van der Waals surface area contributed by atoms with Crippen LogP contribution in [0.25, 0.3) is 5.57 Å². The molecule has 3 N–H and O–H groups in total. The first-order valence-electron chi connectivity index (χ1n) is 9.79. The van der Waals surface area contributed by atoms with Crippen LogP contribution in [-0.2, 0) is 4.74 Å². The smallest absolute Gasteiger partial charge is 0.387 e. The minimum absolute atomic E-state index is 0.0166. The number of morpholine rings is 1. The Morgan fingerprint density at radius 2 is 1.94 bits per heavy atom.